The van der Waals surface area contributed by atoms with Gasteiger partial charge in [-0.1, -0.05) is 6.07 Å². The highest BCUT2D eigenvalue weighted by atomic mass is 16.2. The molecule has 1 atom stereocenters. The Bertz CT molecular complexity index is 812. The summed E-state index contributed by atoms with van der Waals surface area (Å²) in [6.07, 6.45) is 10.4. The van der Waals surface area contributed by atoms with Gasteiger partial charge in [0.2, 0.25) is 5.91 Å². The van der Waals surface area contributed by atoms with E-state index in [0.717, 1.165) is 18.4 Å². The number of pyridine rings is 3. The summed E-state index contributed by atoms with van der Waals surface area (Å²) in [5.74, 6) is -0.0718. The van der Waals surface area contributed by atoms with Crippen LogP contribution in [0.1, 0.15) is 22.9 Å². The van der Waals surface area contributed by atoms with Gasteiger partial charge in [0.1, 0.15) is 6.04 Å². The van der Waals surface area contributed by atoms with Crippen molar-refractivity contribution in [1.29, 1.82) is 0 Å². The van der Waals surface area contributed by atoms with Gasteiger partial charge in [-0.15, -0.1) is 0 Å². The van der Waals surface area contributed by atoms with E-state index >= 15 is 0 Å². The normalized spacial score (nSPS) is 11.7. The van der Waals surface area contributed by atoms with Gasteiger partial charge in [-0.3, -0.25) is 19.7 Å². The van der Waals surface area contributed by atoms with Gasteiger partial charge < -0.3 is 10.6 Å². The van der Waals surface area contributed by atoms with Crippen LogP contribution in [-0.2, 0) is 17.6 Å². The molecule has 3 rings (SSSR count). The summed E-state index contributed by atoms with van der Waals surface area (Å²) >= 11 is 0. The first-order chi connectivity index (χ1) is 13.3. The lowest BCUT2D eigenvalue weighted by Gasteiger charge is -2.18. The lowest BCUT2D eigenvalue weighted by molar-refractivity contribution is -0.123. The minimum Gasteiger partial charge on any atom is -0.354 e. The second kappa shape index (κ2) is 10.1. The van der Waals surface area contributed by atoms with Crippen molar-refractivity contribution in [2.24, 2.45) is 0 Å². The molecule has 0 aliphatic heterocycles. The average Bonchev–Trinajstić information content (AvgIpc) is 2.73. The van der Waals surface area contributed by atoms with Gasteiger partial charge in [-0.25, -0.2) is 0 Å². The zero-order valence-electron chi connectivity index (χ0n) is 15.1. The van der Waals surface area contributed by atoms with Gasteiger partial charge in [-0.05, 0) is 60.4 Å². The summed E-state index contributed by atoms with van der Waals surface area (Å²) < 4.78 is 0. The van der Waals surface area contributed by atoms with Crippen LogP contribution < -0.4 is 10.6 Å². The summed E-state index contributed by atoms with van der Waals surface area (Å²) in [7, 11) is 0. The highest BCUT2D eigenvalue weighted by molar-refractivity contribution is 5.82. The molecule has 0 aromatic carbocycles. The largest absolute Gasteiger partial charge is 0.354 e. The molecule has 0 fully saturated rings. The number of aromatic nitrogens is 3. The first kappa shape index (κ1) is 18.7. The van der Waals surface area contributed by atoms with Crippen LogP contribution >= 0.6 is 0 Å². The molecule has 6 heteroatoms. The van der Waals surface area contributed by atoms with Crippen molar-refractivity contribution in [3.05, 3.63) is 90.3 Å². The highest BCUT2D eigenvalue weighted by Gasteiger charge is 2.20. The Balaban J connectivity index is 1.56. The Morgan fingerprint density at radius 3 is 2.04 bits per heavy atom. The maximum Gasteiger partial charge on any atom is 0.243 e. The molecule has 3 heterocycles. The molecule has 0 radical (unpaired) electrons. The summed E-state index contributed by atoms with van der Waals surface area (Å²) in [6, 6.07) is 13.0. The minimum atomic E-state index is -0.481. The Hall–Kier alpha value is -3.12. The number of nitrogens with zero attached hydrogens (tertiary/aromatic N) is 3. The summed E-state index contributed by atoms with van der Waals surface area (Å²) in [5, 5.41) is 6.33. The number of hydrogen-bond donors (Lipinski definition) is 2. The maximum absolute atomic E-state index is 12.7. The lowest BCUT2D eigenvalue weighted by Crippen LogP contribution is -2.39. The third-order valence-electron chi connectivity index (χ3n) is 4.22. The number of amides is 1. The van der Waals surface area contributed by atoms with Gasteiger partial charge in [0.25, 0.3) is 0 Å². The van der Waals surface area contributed by atoms with Crippen molar-refractivity contribution in [2.45, 2.75) is 18.9 Å². The van der Waals surface area contributed by atoms with Crippen LogP contribution in [0.2, 0.25) is 0 Å². The van der Waals surface area contributed by atoms with Crippen LogP contribution in [0.4, 0.5) is 0 Å². The zero-order chi connectivity index (χ0) is 18.7. The number of rotatable bonds is 9. The van der Waals surface area contributed by atoms with Gasteiger partial charge in [0.15, 0.2) is 0 Å². The van der Waals surface area contributed by atoms with E-state index in [1.807, 2.05) is 42.5 Å². The van der Waals surface area contributed by atoms with E-state index in [2.05, 4.69) is 25.6 Å². The van der Waals surface area contributed by atoms with Gasteiger partial charge >= 0.3 is 0 Å². The van der Waals surface area contributed by atoms with Crippen LogP contribution in [0.3, 0.4) is 0 Å². The zero-order valence-corrected chi connectivity index (χ0v) is 15.1. The molecule has 0 bridgehead atoms. The van der Waals surface area contributed by atoms with Crippen LogP contribution in [0, 0.1) is 0 Å². The molecule has 0 aliphatic carbocycles. The molecule has 0 aliphatic rings. The monoisotopic (exact) mass is 361 g/mol. The molecule has 2 N–H and O–H groups in total. The lowest BCUT2D eigenvalue weighted by atomic mass is 10.1. The Labute approximate surface area is 159 Å². The van der Waals surface area contributed by atoms with Crippen molar-refractivity contribution in [3.63, 3.8) is 0 Å². The molecule has 138 valence electrons. The molecule has 3 aromatic heterocycles. The summed E-state index contributed by atoms with van der Waals surface area (Å²) in [4.78, 5) is 25.1. The summed E-state index contributed by atoms with van der Waals surface area (Å²) in [6.45, 7) is 1.24. The third-order valence-corrected chi connectivity index (χ3v) is 4.22. The quantitative estimate of drug-likeness (QED) is 0.610. The van der Waals surface area contributed by atoms with Gasteiger partial charge in [-0.2, -0.15) is 0 Å². The van der Waals surface area contributed by atoms with E-state index < -0.39 is 6.04 Å². The van der Waals surface area contributed by atoms with E-state index in [-0.39, 0.29) is 5.91 Å². The molecule has 1 amide bonds. The summed E-state index contributed by atoms with van der Waals surface area (Å²) in [5.41, 5.74) is 3.04. The molecular weight excluding hydrogens is 338 g/mol. The molecule has 0 spiro atoms. The van der Waals surface area contributed by atoms with E-state index in [4.69, 9.17) is 0 Å². The van der Waals surface area contributed by atoms with E-state index in [1.165, 1.54) is 5.56 Å². The molecule has 1 unspecified atom stereocenters. The van der Waals surface area contributed by atoms with Crippen molar-refractivity contribution in [2.75, 3.05) is 13.1 Å². The van der Waals surface area contributed by atoms with Crippen LogP contribution in [0.25, 0.3) is 0 Å². The SMILES string of the molecule is O=C(NCCc1ccncc1)C(NCCc1ccncc1)c1ccccn1. The molecule has 3 aromatic rings. The van der Waals surface area contributed by atoms with Gasteiger partial charge in [0, 0.05) is 44.1 Å². The van der Waals surface area contributed by atoms with Crippen LogP contribution in [0.15, 0.2) is 73.4 Å². The Kier molecular flexibility index (Phi) is 7.00. The fourth-order valence-corrected chi connectivity index (χ4v) is 2.77. The average molecular weight is 361 g/mol. The second-order valence-electron chi connectivity index (χ2n) is 6.14. The van der Waals surface area contributed by atoms with Gasteiger partial charge in [0.05, 0.1) is 5.69 Å². The third kappa shape index (κ3) is 5.97. The Morgan fingerprint density at radius 1 is 0.815 bits per heavy atom. The molecular formula is C21H23N5O. The van der Waals surface area contributed by atoms with Crippen molar-refractivity contribution in [3.8, 4) is 0 Å². The van der Waals surface area contributed by atoms with Crippen LogP contribution in [0.5, 0.6) is 0 Å². The Morgan fingerprint density at radius 2 is 1.44 bits per heavy atom. The first-order valence-corrected chi connectivity index (χ1v) is 9.03. The van der Waals surface area contributed by atoms with E-state index in [9.17, 15) is 4.79 Å². The molecule has 6 nitrogen and oxygen atoms in total. The fraction of sp³-hybridized carbons (Fsp3) is 0.238. The van der Waals surface area contributed by atoms with Crippen LogP contribution in [-0.4, -0.2) is 33.9 Å². The van der Waals surface area contributed by atoms with Crippen molar-refractivity contribution in [1.82, 2.24) is 25.6 Å². The molecule has 0 saturated heterocycles. The number of carbonyl (C=O) groups is 1. The smallest absolute Gasteiger partial charge is 0.243 e. The minimum absolute atomic E-state index is 0.0718. The van der Waals surface area contributed by atoms with Crippen molar-refractivity contribution >= 4 is 5.91 Å². The standard InChI is InChI=1S/C21H23N5O/c27-21(26-16-9-18-6-13-23-14-7-18)20(19-3-1-2-10-24-19)25-15-8-17-4-11-22-12-5-17/h1-7,10-14,20,25H,8-9,15-16H2,(H,26,27). The number of nitrogens with one attached hydrogen (secondary N) is 2. The topological polar surface area (TPSA) is 79.8 Å². The van der Waals surface area contributed by atoms with E-state index in [0.29, 0.717) is 18.8 Å². The fourth-order valence-electron chi connectivity index (χ4n) is 2.77. The maximum atomic E-state index is 12.7. The predicted octanol–water partition coefficient (Wildman–Crippen LogP) is 2.10. The first-order valence-electron chi connectivity index (χ1n) is 9.03. The number of hydrogen-bond acceptors (Lipinski definition) is 5. The van der Waals surface area contributed by atoms with E-state index in [1.54, 1.807) is 31.0 Å². The molecule has 27 heavy (non-hydrogen) atoms. The highest BCUT2D eigenvalue weighted by Crippen LogP contribution is 2.10. The second-order valence-corrected chi connectivity index (χ2v) is 6.14. The molecule has 0 saturated carbocycles. The van der Waals surface area contributed by atoms with Crippen molar-refractivity contribution < 1.29 is 4.79 Å². The number of carbonyl (C=O) groups excluding carboxylic acids is 1. The predicted molar refractivity (Wildman–Crippen MR) is 104 cm³/mol.